The van der Waals surface area contributed by atoms with Crippen molar-refractivity contribution in [1.29, 1.82) is 0 Å². The van der Waals surface area contributed by atoms with Gasteiger partial charge in [-0.05, 0) is 67.5 Å². The summed E-state index contributed by atoms with van der Waals surface area (Å²) in [5.41, 5.74) is 6.52. The van der Waals surface area contributed by atoms with E-state index in [1.807, 2.05) is 13.8 Å². The summed E-state index contributed by atoms with van der Waals surface area (Å²) in [6.45, 7) is 6.57. The van der Waals surface area contributed by atoms with Gasteiger partial charge in [-0.3, -0.25) is 4.79 Å². The summed E-state index contributed by atoms with van der Waals surface area (Å²) in [5, 5.41) is 2.94. The summed E-state index contributed by atoms with van der Waals surface area (Å²) in [5.74, 6) is 0.0106. The zero-order valence-corrected chi connectivity index (χ0v) is 22.4. The van der Waals surface area contributed by atoms with Crippen molar-refractivity contribution >= 4 is 27.6 Å². The van der Waals surface area contributed by atoms with E-state index in [1.165, 1.54) is 36.4 Å². The van der Waals surface area contributed by atoms with Crippen molar-refractivity contribution < 1.29 is 22.3 Å². The molecular formula is C27H32FN5O4S. The van der Waals surface area contributed by atoms with Crippen LogP contribution in [0.3, 0.4) is 0 Å². The second-order valence-electron chi connectivity index (χ2n) is 10.1. The largest absolute Gasteiger partial charge is 0.493 e. The number of carbonyl (C=O) groups is 1. The number of carbonyl (C=O) groups excluding carboxylic acids is 1. The molecule has 1 aliphatic carbocycles. The standard InChI is InChI=1S/C27H32FN5O4S/c1-16(2)15-37-21-13-18(12-19(28)14-21)23-10-9-22(26(31-23)30-20-8-7-17(3)11-20)27(34)33-38(35,36)25-6-4-5-24(29)32-25/h4-6,9-10,12-14,16-17,20H,7-8,11,15H2,1-3H3,(H2,29,32)(H,30,31)(H,33,34)/t17-,20?/m0/s1. The van der Waals surface area contributed by atoms with E-state index >= 15 is 0 Å². The summed E-state index contributed by atoms with van der Waals surface area (Å²) in [4.78, 5) is 21.6. The molecule has 1 fully saturated rings. The molecule has 0 saturated heterocycles. The maximum absolute atomic E-state index is 14.4. The molecule has 1 amide bonds. The molecule has 2 atom stereocenters. The third-order valence-electron chi connectivity index (χ3n) is 6.17. The van der Waals surface area contributed by atoms with Crippen molar-refractivity contribution in [3.05, 3.63) is 59.9 Å². The Kier molecular flexibility index (Phi) is 8.15. The number of halogens is 1. The monoisotopic (exact) mass is 541 g/mol. The lowest BCUT2D eigenvalue weighted by molar-refractivity contribution is 0.0981. The van der Waals surface area contributed by atoms with Gasteiger partial charge in [-0.15, -0.1) is 0 Å². The molecule has 38 heavy (non-hydrogen) atoms. The number of sulfonamides is 1. The molecule has 9 nitrogen and oxygen atoms in total. The van der Waals surface area contributed by atoms with Crippen LogP contribution in [0.4, 0.5) is 16.0 Å². The molecule has 1 aromatic carbocycles. The number of rotatable bonds is 9. The van der Waals surface area contributed by atoms with Gasteiger partial charge in [0.25, 0.3) is 15.9 Å². The minimum atomic E-state index is -4.28. The molecule has 0 aliphatic heterocycles. The number of anilines is 2. The summed E-state index contributed by atoms with van der Waals surface area (Å²) in [6, 6.07) is 11.5. The molecule has 0 bridgehead atoms. The van der Waals surface area contributed by atoms with Crippen molar-refractivity contribution in [2.75, 3.05) is 17.7 Å². The average molecular weight is 542 g/mol. The normalized spacial score (nSPS) is 17.4. The van der Waals surface area contributed by atoms with Crippen LogP contribution in [0.15, 0.2) is 53.6 Å². The van der Waals surface area contributed by atoms with Gasteiger partial charge in [-0.2, -0.15) is 8.42 Å². The number of nitrogen functional groups attached to an aromatic ring is 1. The minimum Gasteiger partial charge on any atom is -0.493 e. The first kappa shape index (κ1) is 27.3. The number of nitrogens with two attached hydrogens (primary N) is 1. The predicted octanol–water partition coefficient (Wildman–Crippen LogP) is 4.62. The van der Waals surface area contributed by atoms with Crippen LogP contribution in [0.25, 0.3) is 11.3 Å². The summed E-state index contributed by atoms with van der Waals surface area (Å²) < 4.78 is 47.8. The number of pyridine rings is 2. The number of hydrogen-bond acceptors (Lipinski definition) is 8. The highest BCUT2D eigenvalue weighted by Gasteiger charge is 2.26. The van der Waals surface area contributed by atoms with Crippen LogP contribution in [-0.4, -0.2) is 36.9 Å². The first-order valence-electron chi connectivity index (χ1n) is 12.5. The number of benzene rings is 1. The van der Waals surface area contributed by atoms with Crippen molar-refractivity contribution in [2.45, 2.75) is 51.1 Å². The molecule has 0 radical (unpaired) electrons. The average Bonchev–Trinajstić information content (AvgIpc) is 3.26. The fourth-order valence-corrected chi connectivity index (χ4v) is 5.25. The molecule has 4 N–H and O–H groups in total. The molecule has 11 heteroatoms. The molecule has 202 valence electrons. The van der Waals surface area contributed by atoms with Crippen molar-refractivity contribution in [3.63, 3.8) is 0 Å². The van der Waals surface area contributed by atoms with E-state index in [-0.39, 0.29) is 34.2 Å². The van der Waals surface area contributed by atoms with Crippen LogP contribution < -0.4 is 20.5 Å². The van der Waals surface area contributed by atoms with Gasteiger partial charge < -0.3 is 15.8 Å². The Morgan fingerprint density at radius 3 is 2.63 bits per heavy atom. The zero-order chi connectivity index (χ0) is 27.4. The topological polar surface area (TPSA) is 136 Å². The molecule has 1 aliphatic rings. The van der Waals surface area contributed by atoms with Crippen molar-refractivity contribution in [3.8, 4) is 17.0 Å². The van der Waals surface area contributed by atoms with Gasteiger partial charge in [-0.1, -0.05) is 26.8 Å². The van der Waals surface area contributed by atoms with Gasteiger partial charge in [0, 0.05) is 17.7 Å². The van der Waals surface area contributed by atoms with Crippen LogP contribution in [-0.2, 0) is 10.0 Å². The third kappa shape index (κ3) is 6.77. The Morgan fingerprint density at radius 1 is 1.16 bits per heavy atom. The lowest BCUT2D eigenvalue weighted by atomic mass is 10.1. The minimum absolute atomic E-state index is 0.0101. The zero-order valence-electron chi connectivity index (χ0n) is 21.6. The van der Waals surface area contributed by atoms with Gasteiger partial charge in [0.15, 0.2) is 5.03 Å². The highest BCUT2D eigenvalue weighted by Crippen LogP contribution is 2.31. The van der Waals surface area contributed by atoms with Gasteiger partial charge in [0.05, 0.1) is 17.9 Å². The lowest BCUT2D eigenvalue weighted by Crippen LogP contribution is -2.32. The first-order valence-corrected chi connectivity index (χ1v) is 14.0. The summed E-state index contributed by atoms with van der Waals surface area (Å²) in [7, 11) is -4.28. The van der Waals surface area contributed by atoms with E-state index in [0.29, 0.717) is 29.5 Å². The predicted molar refractivity (Wildman–Crippen MR) is 144 cm³/mol. The molecule has 1 unspecified atom stereocenters. The number of hydrogen-bond donors (Lipinski definition) is 3. The summed E-state index contributed by atoms with van der Waals surface area (Å²) >= 11 is 0. The Morgan fingerprint density at radius 2 is 1.95 bits per heavy atom. The fourth-order valence-electron chi connectivity index (χ4n) is 4.31. The quantitative estimate of drug-likeness (QED) is 0.357. The smallest absolute Gasteiger partial charge is 0.281 e. The number of amides is 1. The first-order chi connectivity index (χ1) is 18.0. The molecule has 4 rings (SSSR count). The fraction of sp³-hybridized carbons (Fsp3) is 0.370. The van der Waals surface area contributed by atoms with Crippen molar-refractivity contribution in [2.24, 2.45) is 11.8 Å². The van der Waals surface area contributed by atoms with E-state index in [2.05, 4.69) is 26.9 Å². The van der Waals surface area contributed by atoms with E-state index in [0.717, 1.165) is 19.3 Å². The summed E-state index contributed by atoms with van der Waals surface area (Å²) in [6.07, 6.45) is 2.78. The van der Waals surface area contributed by atoms with Crippen LogP contribution >= 0.6 is 0 Å². The van der Waals surface area contributed by atoms with Gasteiger partial charge in [0.2, 0.25) is 0 Å². The van der Waals surface area contributed by atoms with Crippen LogP contribution in [0, 0.1) is 17.7 Å². The highest BCUT2D eigenvalue weighted by molar-refractivity contribution is 7.90. The SMILES string of the molecule is CC(C)COc1cc(F)cc(-c2ccc(C(=O)NS(=O)(=O)c3cccc(N)n3)c(NC3CC[C@H](C)C3)n2)c1. The Bertz CT molecular complexity index is 1430. The second kappa shape index (κ2) is 11.3. The molecule has 1 saturated carbocycles. The van der Waals surface area contributed by atoms with Crippen LogP contribution in [0.1, 0.15) is 50.4 Å². The number of nitrogens with one attached hydrogen (secondary N) is 2. The van der Waals surface area contributed by atoms with Crippen LogP contribution in [0.5, 0.6) is 5.75 Å². The Balaban J connectivity index is 1.67. The maximum Gasteiger partial charge on any atom is 0.281 e. The Labute approximate surface area is 222 Å². The molecule has 3 aromatic rings. The molecule has 0 spiro atoms. The number of nitrogens with zero attached hydrogens (tertiary/aromatic N) is 2. The van der Waals surface area contributed by atoms with E-state index in [1.54, 1.807) is 12.1 Å². The van der Waals surface area contributed by atoms with E-state index < -0.39 is 21.7 Å². The molecule has 2 heterocycles. The number of aromatic nitrogens is 2. The molecule has 2 aromatic heterocycles. The lowest BCUT2D eigenvalue weighted by Gasteiger charge is -2.18. The number of ether oxygens (including phenoxy) is 1. The maximum atomic E-state index is 14.4. The van der Waals surface area contributed by atoms with Gasteiger partial charge in [0.1, 0.15) is 23.2 Å². The van der Waals surface area contributed by atoms with Gasteiger partial charge >= 0.3 is 0 Å². The van der Waals surface area contributed by atoms with E-state index in [4.69, 9.17) is 10.5 Å². The third-order valence-corrected chi connectivity index (χ3v) is 7.41. The second-order valence-corrected chi connectivity index (χ2v) is 11.7. The van der Waals surface area contributed by atoms with Crippen molar-refractivity contribution in [1.82, 2.24) is 14.7 Å². The van der Waals surface area contributed by atoms with E-state index in [9.17, 15) is 17.6 Å². The van der Waals surface area contributed by atoms with Gasteiger partial charge in [-0.25, -0.2) is 19.1 Å². The highest BCUT2D eigenvalue weighted by atomic mass is 32.2. The van der Waals surface area contributed by atoms with Crippen LogP contribution in [0.2, 0.25) is 0 Å². The Hall–Kier alpha value is -3.73. The molecular weight excluding hydrogens is 509 g/mol.